The number of methoxy groups -OCH3 is 1. The molecule has 1 heterocycles. The molecule has 2 rings (SSSR count). The van der Waals surface area contributed by atoms with E-state index in [-0.39, 0.29) is 11.5 Å². The van der Waals surface area contributed by atoms with Crippen LogP contribution < -0.4 is 21.3 Å². The lowest BCUT2D eigenvalue weighted by Crippen LogP contribution is -2.14. The Bertz CT molecular complexity index is 627. The minimum atomic E-state index is -0.409. The SMILES string of the molecule is COc1ccc(Cl)cc1Nc1nc[nH]c(=O)c1N. The van der Waals surface area contributed by atoms with Crippen LogP contribution in [0.2, 0.25) is 5.02 Å². The average molecular weight is 267 g/mol. The zero-order valence-electron chi connectivity index (χ0n) is 9.53. The monoisotopic (exact) mass is 266 g/mol. The second-order valence-electron chi connectivity index (χ2n) is 3.46. The van der Waals surface area contributed by atoms with Gasteiger partial charge in [0.1, 0.15) is 11.4 Å². The van der Waals surface area contributed by atoms with Crippen molar-refractivity contribution in [2.75, 3.05) is 18.2 Å². The maximum absolute atomic E-state index is 11.3. The van der Waals surface area contributed by atoms with Gasteiger partial charge in [0.25, 0.3) is 5.56 Å². The summed E-state index contributed by atoms with van der Waals surface area (Å²) in [7, 11) is 1.53. The van der Waals surface area contributed by atoms with E-state index in [1.807, 2.05) is 0 Å². The fraction of sp³-hybridized carbons (Fsp3) is 0.0909. The van der Waals surface area contributed by atoms with Crippen molar-refractivity contribution < 1.29 is 4.74 Å². The number of nitrogens with zero attached hydrogens (tertiary/aromatic N) is 1. The molecule has 2 aromatic rings. The molecule has 0 unspecified atom stereocenters. The molecule has 0 amide bonds. The number of nitrogen functional groups attached to an aromatic ring is 1. The number of anilines is 3. The molecular formula is C11H11ClN4O2. The van der Waals surface area contributed by atoms with E-state index in [4.69, 9.17) is 22.1 Å². The number of hydrogen-bond donors (Lipinski definition) is 3. The highest BCUT2D eigenvalue weighted by atomic mass is 35.5. The topological polar surface area (TPSA) is 93.0 Å². The van der Waals surface area contributed by atoms with Crippen LogP contribution in [0, 0.1) is 0 Å². The van der Waals surface area contributed by atoms with Crippen LogP contribution >= 0.6 is 11.6 Å². The van der Waals surface area contributed by atoms with Crippen molar-refractivity contribution >= 4 is 28.8 Å². The Morgan fingerprint density at radius 2 is 2.28 bits per heavy atom. The third kappa shape index (κ3) is 2.38. The zero-order chi connectivity index (χ0) is 13.1. The molecule has 0 atom stereocenters. The summed E-state index contributed by atoms with van der Waals surface area (Å²) in [5.41, 5.74) is 5.79. The van der Waals surface area contributed by atoms with E-state index in [1.54, 1.807) is 18.2 Å². The molecule has 18 heavy (non-hydrogen) atoms. The van der Waals surface area contributed by atoms with Crippen molar-refractivity contribution in [2.45, 2.75) is 0 Å². The van der Waals surface area contributed by atoms with E-state index >= 15 is 0 Å². The van der Waals surface area contributed by atoms with Crippen LogP contribution in [0.25, 0.3) is 0 Å². The lowest BCUT2D eigenvalue weighted by molar-refractivity contribution is 0.417. The van der Waals surface area contributed by atoms with Gasteiger partial charge in [-0.3, -0.25) is 4.79 Å². The molecule has 94 valence electrons. The molecule has 0 spiro atoms. The lowest BCUT2D eigenvalue weighted by atomic mass is 10.3. The van der Waals surface area contributed by atoms with Crippen molar-refractivity contribution in [3.8, 4) is 5.75 Å². The summed E-state index contributed by atoms with van der Waals surface area (Å²) in [6, 6.07) is 5.05. The number of ether oxygens (including phenoxy) is 1. The number of aromatic nitrogens is 2. The number of hydrogen-bond acceptors (Lipinski definition) is 5. The molecule has 0 aliphatic rings. The molecule has 0 aliphatic heterocycles. The van der Waals surface area contributed by atoms with Crippen molar-refractivity contribution in [2.24, 2.45) is 0 Å². The van der Waals surface area contributed by atoms with Crippen LogP contribution in [0.4, 0.5) is 17.2 Å². The second kappa shape index (κ2) is 4.97. The van der Waals surface area contributed by atoms with E-state index < -0.39 is 5.56 Å². The summed E-state index contributed by atoms with van der Waals surface area (Å²) >= 11 is 5.90. The zero-order valence-corrected chi connectivity index (χ0v) is 10.3. The van der Waals surface area contributed by atoms with Gasteiger partial charge >= 0.3 is 0 Å². The van der Waals surface area contributed by atoms with Gasteiger partial charge in [0.15, 0.2) is 5.82 Å². The van der Waals surface area contributed by atoms with Crippen molar-refractivity contribution in [3.63, 3.8) is 0 Å². The number of nitrogens with one attached hydrogen (secondary N) is 2. The predicted molar refractivity (Wildman–Crippen MR) is 70.6 cm³/mol. The minimum absolute atomic E-state index is 0.000437. The third-order valence-corrected chi connectivity index (χ3v) is 2.54. The first-order chi connectivity index (χ1) is 8.61. The smallest absolute Gasteiger partial charge is 0.276 e. The summed E-state index contributed by atoms with van der Waals surface area (Å²) in [6.07, 6.45) is 1.26. The number of halogens is 1. The Morgan fingerprint density at radius 3 is 3.00 bits per heavy atom. The normalized spacial score (nSPS) is 10.1. The van der Waals surface area contributed by atoms with E-state index in [0.717, 1.165) is 0 Å². The van der Waals surface area contributed by atoms with Crippen LogP contribution in [0.5, 0.6) is 5.75 Å². The first-order valence-corrected chi connectivity index (χ1v) is 5.43. The van der Waals surface area contributed by atoms with Crippen LogP contribution in [0.15, 0.2) is 29.3 Å². The fourth-order valence-corrected chi connectivity index (χ4v) is 1.59. The van der Waals surface area contributed by atoms with Crippen LogP contribution in [0.3, 0.4) is 0 Å². The van der Waals surface area contributed by atoms with Gasteiger partial charge in [-0.25, -0.2) is 4.98 Å². The van der Waals surface area contributed by atoms with Gasteiger partial charge < -0.3 is 20.8 Å². The molecular weight excluding hydrogens is 256 g/mol. The standard InChI is InChI=1S/C11H11ClN4O2/c1-18-8-3-2-6(12)4-7(8)16-10-9(13)11(17)15-5-14-10/h2-5H,13H2,1H3,(H2,14,15,16,17). The van der Waals surface area contributed by atoms with Gasteiger partial charge in [-0.05, 0) is 18.2 Å². The number of H-pyrrole nitrogens is 1. The molecule has 0 aliphatic carbocycles. The first-order valence-electron chi connectivity index (χ1n) is 5.05. The molecule has 1 aromatic heterocycles. The largest absolute Gasteiger partial charge is 0.495 e. The second-order valence-corrected chi connectivity index (χ2v) is 3.90. The van der Waals surface area contributed by atoms with Gasteiger partial charge in [-0.15, -0.1) is 0 Å². The molecule has 0 fully saturated rings. The fourth-order valence-electron chi connectivity index (χ4n) is 1.42. The molecule has 0 radical (unpaired) electrons. The summed E-state index contributed by atoms with van der Waals surface area (Å²) in [4.78, 5) is 17.7. The molecule has 0 bridgehead atoms. The summed E-state index contributed by atoms with van der Waals surface area (Å²) in [5.74, 6) is 0.820. The van der Waals surface area contributed by atoms with Crippen LogP contribution in [-0.4, -0.2) is 17.1 Å². The summed E-state index contributed by atoms with van der Waals surface area (Å²) < 4.78 is 5.17. The van der Waals surface area contributed by atoms with Gasteiger partial charge in [0, 0.05) is 5.02 Å². The average Bonchev–Trinajstić information content (AvgIpc) is 2.35. The van der Waals surface area contributed by atoms with Gasteiger partial charge in [0.2, 0.25) is 0 Å². The highest BCUT2D eigenvalue weighted by Crippen LogP contribution is 2.30. The van der Waals surface area contributed by atoms with E-state index in [2.05, 4.69) is 15.3 Å². The lowest BCUT2D eigenvalue weighted by Gasteiger charge is -2.11. The first kappa shape index (κ1) is 12.3. The molecule has 4 N–H and O–H groups in total. The van der Waals surface area contributed by atoms with Crippen molar-refractivity contribution in [1.82, 2.24) is 9.97 Å². The maximum atomic E-state index is 11.3. The Labute approximate surface area is 108 Å². The molecule has 7 heteroatoms. The minimum Gasteiger partial charge on any atom is -0.495 e. The molecule has 0 saturated carbocycles. The Balaban J connectivity index is 2.42. The van der Waals surface area contributed by atoms with E-state index in [1.165, 1.54) is 13.4 Å². The van der Waals surface area contributed by atoms with E-state index in [0.29, 0.717) is 16.5 Å². The summed E-state index contributed by atoms with van der Waals surface area (Å²) in [6.45, 7) is 0. The highest BCUT2D eigenvalue weighted by Gasteiger charge is 2.09. The van der Waals surface area contributed by atoms with Crippen molar-refractivity contribution in [3.05, 3.63) is 39.9 Å². The number of nitrogens with two attached hydrogens (primary N) is 1. The number of aromatic amines is 1. The van der Waals surface area contributed by atoms with Gasteiger partial charge in [0.05, 0.1) is 19.1 Å². The predicted octanol–water partition coefficient (Wildman–Crippen LogP) is 1.76. The summed E-state index contributed by atoms with van der Waals surface area (Å²) in [5, 5.41) is 3.44. The number of rotatable bonds is 3. The Morgan fingerprint density at radius 1 is 1.50 bits per heavy atom. The van der Waals surface area contributed by atoms with Crippen LogP contribution in [-0.2, 0) is 0 Å². The molecule has 6 nitrogen and oxygen atoms in total. The van der Waals surface area contributed by atoms with E-state index in [9.17, 15) is 4.79 Å². The van der Waals surface area contributed by atoms with Crippen LogP contribution in [0.1, 0.15) is 0 Å². The Hall–Kier alpha value is -2.21. The van der Waals surface area contributed by atoms with Gasteiger partial charge in [-0.1, -0.05) is 11.6 Å². The van der Waals surface area contributed by atoms with Crippen molar-refractivity contribution in [1.29, 1.82) is 0 Å². The Kier molecular flexibility index (Phi) is 3.38. The number of benzene rings is 1. The van der Waals surface area contributed by atoms with Gasteiger partial charge in [-0.2, -0.15) is 0 Å². The molecule has 1 aromatic carbocycles. The molecule has 0 saturated heterocycles. The third-order valence-electron chi connectivity index (χ3n) is 2.30. The quantitative estimate of drug-likeness (QED) is 0.787. The highest BCUT2D eigenvalue weighted by molar-refractivity contribution is 6.31. The maximum Gasteiger partial charge on any atom is 0.276 e.